The van der Waals surface area contributed by atoms with E-state index < -0.39 is 39.1 Å². The molecule has 0 saturated heterocycles. The first kappa shape index (κ1) is 22.1. The lowest BCUT2D eigenvalue weighted by Crippen LogP contribution is -2.13. The molecule has 0 aliphatic heterocycles. The first-order chi connectivity index (χ1) is 14.5. The fraction of sp³-hybridized carbons (Fsp3) is 0.158. The van der Waals surface area contributed by atoms with Crippen LogP contribution in [-0.4, -0.2) is 20.6 Å². The fourth-order valence-electron chi connectivity index (χ4n) is 2.70. The number of rotatable bonds is 5. The van der Waals surface area contributed by atoms with Crippen LogP contribution >= 0.6 is 11.6 Å². The van der Waals surface area contributed by atoms with Gasteiger partial charge in [-0.1, -0.05) is 29.3 Å². The first-order valence-electron chi connectivity index (χ1n) is 8.60. The number of aryl methyl sites for hydroxylation is 2. The lowest BCUT2D eigenvalue weighted by molar-refractivity contribution is -0.384. The van der Waals surface area contributed by atoms with Gasteiger partial charge in [0.2, 0.25) is 0 Å². The number of hydrogen-bond donors (Lipinski definition) is 1. The Balaban J connectivity index is 1.92. The highest BCUT2D eigenvalue weighted by atomic mass is 35.5. The Kier molecular flexibility index (Phi) is 5.89. The van der Waals surface area contributed by atoms with Gasteiger partial charge >= 0.3 is 6.18 Å². The number of nitro benzene ring substituents is 1. The molecular weight excluding hydrogens is 441 g/mol. The molecule has 0 bridgehead atoms. The molecule has 31 heavy (non-hydrogen) atoms. The van der Waals surface area contributed by atoms with Crippen molar-refractivity contribution < 1.29 is 27.6 Å². The summed E-state index contributed by atoms with van der Waals surface area (Å²) in [6, 6.07) is 10.3. The summed E-state index contributed by atoms with van der Waals surface area (Å²) in [7, 11) is 0.992. The molecular formula is C19H14ClF3N4O4. The Morgan fingerprint density at radius 2 is 1.84 bits per heavy atom. The Hall–Kier alpha value is -3.60. The number of nitrogens with one attached hydrogen (secondary N) is 1. The maximum Gasteiger partial charge on any atom is 0.434 e. The summed E-state index contributed by atoms with van der Waals surface area (Å²) >= 11 is 5.71. The number of aromatic nitrogens is 2. The third-order valence-corrected chi connectivity index (χ3v) is 4.45. The Bertz CT molecular complexity index is 1160. The highest BCUT2D eigenvalue weighted by molar-refractivity contribution is 6.34. The zero-order valence-corrected chi connectivity index (χ0v) is 16.8. The minimum atomic E-state index is -4.82. The Labute approximate surface area is 178 Å². The molecule has 3 aromatic rings. The van der Waals surface area contributed by atoms with E-state index in [0.717, 1.165) is 24.7 Å². The van der Waals surface area contributed by atoms with Crippen molar-refractivity contribution in [1.82, 2.24) is 9.78 Å². The summed E-state index contributed by atoms with van der Waals surface area (Å²) in [5.41, 5.74) is -1.48. The number of hydrogen-bond acceptors (Lipinski definition) is 5. The van der Waals surface area contributed by atoms with Gasteiger partial charge in [-0.25, -0.2) is 0 Å². The lowest BCUT2D eigenvalue weighted by Gasteiger charge is -2.09. The van der Waals surface area contributed by atoms with Gasteiger partial charge in [-0.3, -0.25) is 19.6 Å². The van der Waals surface area contributed by atoms with Gasteiger partial charge in [0.1, 0.15) is 16.5 Å². The molecule has 12 heteroatoms. The maximum absolute atomic E-state index is 13.1. The molecule has 2 aromatic carbocycles. The van der Waals surface area contributed by atoms with Crippen molar-refractivity contribution in [2.45, 2.75) is 13.1 Å². The van der Waals surface area contributed by atoms with Crippen LogP contribution in [0.2, 0.25) is 5.02 Å². The van der Waals surface area contributed by atoms with Crippen LogP contribution in [0, 0.1) is 17.0 Å². The average Bonchev–Trinajstić information content (AvgIpc) is 2.98. The smallest absolute Gasteiger partial charge is 0.434 e. The normalized spacial score (nSPS) is 11.3. The van der Waals surface area contributed by atoms with E-state index >= 15 is 0 Å². The number of carbonyl (C=O) groups excluding carboxylic acids is 1. The van der Waals surface area contributed by atoms with E-state index in [1.807, 2.05) is 6.92 Å². The van der Waals surface area contributed by atoms with Crippen molar-refractivity contribution in [2.24, 2.45) is 7.05 Å². The predicted octanol–water partition coefficient (Wildman–Crippen LogP) is 5.35. The van der Waals surface area contributed by atoms with Crippen LogP contribution in [0.4, 0.5) is 24.5 Å². The summed E-state index contributed by atoms with van der Waals surface area (Å²) in [4.78, 5) is 23.0. The number of alkyl halides is 3. The predicted molar refractivity (Wildman–Crippen MR) is 106 cm³/mol. The molecule has 0 aliphatic rings. The molecule has 0 saturated carbocycles. The van der Waals surface area contributed by atoms with E-state index in [1.54, 1.807) is 24.3 Å². The molecule has 0 aliphatic carbocycles. The molecule has 0 atom stereocenters. The van der Waals surface area contributed by atoms with Gasteiger partial charge < -0.3 is 10.1 Å². The monoisotopic (exact) mass is 454 g/mol. The molecule has 1 N–H and O–H groups in total. The van der Waals surface area contributed by atoms with Crippen LogP contribution in [0.1, 0.15) is 21.7 Å². The molecule has 0 fully saturated rings. The quantitative estimate of drug-likeness (QED) is 0.413. The molecule has 1 heterocycles. The van der Waals surface area contributed by atoms with E-state index in [0.29, 0.717) is 10.4 Å². The number of anilines is 1. The first-order valence-corrected chi connectivity index (χ1v) is 8.98. The van der Waals surface area contributed by atoms with Gasteiger partial charge in [0.05, 0.1) is 16.7 Å². The van der Waals surface area contributed by atoms with Gasteiger partial charge in [-0.15, -0.1) is 0 Å². The molecule has 8 nitrogen and oxygen atoms in total. The number of nitrogens with zero attached hydrogens (tertiary/aromatic N) is 3. The summed E-state index contributed by atoms with van der Waals surface area (Å²) < 4.78 is 45.2. The minimum Gasteiger partial charge on any atom is -0.457 e. The third kappa shape index (κ3) is 4.94. The molecule has 162 valence electrons. The van der Waals surface area contributed by atoms with E-state index in [-0.39, 0.29) is 11.4 Å². The highest BCUT2D eigenvalue weighted by Crippen LogP contribution is 2.36. The van der Waals surface area contributed by atoms with E-state index in [1.165, 1.54) is 6.07 Å². The largest absolute Gasteiger partial charge is 0.457 e. The van der Waals surface area contributed by atoms with Crippen LogP contribution in [0.3, 0.4) is 0 Å². The Morgan fingerprint density at radius 3 is 2.39 bits per heavy atom. The SMILES string of the molecule is Cc1ccc(Oc2cc(NC(=O)c3nn(C)c(C(F)(F)F)c3Cl)cc([N+](=O)[O-])c2)cc1. The van der Waals surface area contributed by atoms with Crippen LogP contribution in [0.25, 0.3) is 0 Å². The van der Waals surface area contributed by atoms with E-state index in [4.69, 9.17) is 16.3 Å². The standard InChI is InChI=1S/C19H14ClF3N4O4/c1-10-3-5-13(6-4-10)31-14-8-11(7-12(9-14)27(29)30)24-18(28)16-15(20)17(19(21,22)23)26(2)25-16/h3-9H,1-2H3,(H,24,28). The van der Waals surface area contributed by atoms with Crippen LogP contribution in [0.5, 0.6) is 11.5 Å². The minimum absolute atomic E-state index is 0.0384. The molecule has 0 spiro atoms. The van der Waals surface area contributed by atoms with Crippen LogP contribution in [-0.2, 0) is 13.2 Å². The zero-order chi connectivity index (χ0) is 22.9. The maximum atomic E-state index is 13.1. The molecule has 1 amide bonds. The lowest BCUT2D eigenvalue weighted by atomic mass is 10.2. The molecule has 0 unspecified atom stereocenters. The van der Waals surface area contributed by atoms with E-state index in [9.17, 15) is 28.1 Å². The van der Waals surface area contributed by atoms with Crippen molar-refractivity contribution in [3.63, 3.8) is 0 Å². The number of carbonyl (C=O) groups is 1. The number of nitro groups is 1. The molecule has 1 aromatic heterocycles. The van der Waals surface area contributed by atoms with Crippen molar-refractivity contribution >= 4 is 28.9 Å². The van der Waals surface area contributed by atoms with Gasteiger partial charge in [-0.2, -0.15) is 18.3 Å². The number of ether oxygens (including phenoxy) is 1. The number of amides is 1. The van der Waals surface area contributed by atoms with Gasteiger partial charge in [0.25, 0.3) is 11.6 Å². The van der Waals surface area contributed by atoms with Crippen molar-refractivity contribution in [2.75, 3.05) is 5.32 Å². The van der Waals surface area contributed by atoms with Gasteiger partial charge in [0, 0.05) is 19.2 Å². The van der Waals surface area contributed by atoms with Gasteiger partial charge in [-0.05, 0) is 19.1 Å². The van der Waals surface area contributed by atoms with Crippen molar-refractivity contribution in [3.05, 3.63) is 74.6 Å². The Morgan fingerprint density at radius 1 is 1.19 bits per heavy atom. The fourth-order valence-corrected chi connectivity index (χ4v) is 3.06. The summed E-state index contributed by atoms with van der Waals surface area (Å²) in [6.45, 7) is 1.87. The summed E-state index contributed by atoms with van der Waals surface area (Å²) in [6.07, 6.45) is -4.82. The van der Waals surface area contributed by atoms with Crippen LogP contribution < -0.4 is 10.1 Å². The summed E-state index contributed by atoms with van der Waals surface area (Å²) in [5, 5.41) is 16.2. The van der Waals surface area contributed by atoms with Gasteiger partial charge in [0.15, 0.2) is 11.4 Å². The second-order valence-corrected chi connectivity index (χ2v) is 6.85. The van der Waals surface area contributed by atoms with Crippen LogP contribution in [0.15, 0.2) is 42.5 Å². The number of non-ortho nitro benzene ring substituents is 1. The topological polar surface area (TPSA) is 99.3 Å². The van der Waals surface area contributed by atoms with E-state index in [2.05, 4.69) is 10.4 Å². The third-order valence-electron chi connectivity index (χ3n) is 4.09. The number of halogens is 4. The van der Waals surface area contributed by atoms with Crippen molar-refractivity contribution in [1.29, 1.82) is 0 Å². The number of benzene rings is 2. The average molecular weight is 455 g/mol. The van der Waals surface area contributed by atoms with Crippen molar-refractivity contribution in [3.8, 4) is 11.5 Å². The second kappa shape index (κ2) is 8.26. The zero-order valence-electron chi connectivity index (χ0n) is 16.0. The molecule has 3 rings (SSSR count). The molecule has 0 radical (unpaired) electrons. The highest BCUT2D eigenvalue weighted by Gasteiger charge is 2.40. The summed E-state index contributed by atoms with van der Waals surface area (Å²) in [5.74, 6) is -0.639. The second-order valence-electron chi connectivity index (χ2n) is 6.47.